The molecule has 0 aromatic rings. The van der Waals surface area contributed by atoms with Crippen LogP contribution in [-0.2, 0) is 14.2 Å². The molecule has 1 rings (SSSR count). The highest BCUT2D eigenvalue weighted by molar-refractivity contribution is 4.84. The molecule has 3 nitrogen and oxygen atoms in total. The fourth-order valence-corrected chi connectivity index (χ4v) is 1.44. The van der Waals surface area contributed by atoms with E-state index in [1.165, 1.54) is 0 Å². The standard InChI is InChI=1S/C10H13F7O3/c1-2-7(3-18-4-7)5-19-6-8(11,12)20-10(16,17)9(13,14)15/h2-6H2,1H3. The van der Waals surface area contributed by atoms with E-state index in [2.05, 4.69) is 9.47 Å². The van der Waals surface area contributed by atoms with Crippen LogP contribution >= 0.6 is 0 Å². The first-order valence-corrected chi connectivity index (χ1v) is 5.61. The highest BCUT2D eigenvalue weighted by Gasteiger charge is 2.63. The van der Waals surface area contributed by atoms with E-state index in [0.29, 0.717) is 6.42 Å². The maximum absolute atomic E-state index is 12.9. The minimum Gasteiger partial charge on any atom is -0.380 e. The molecule has 0 bridgehead atoms. The summed E-state index contributed by atoms with van der Waals surface area (Å²) >= 11 is 0. The smallest absolute Gasteiger partial charge is 0.380 e. The third-order valence-corrected chi connectivity index (χ3v) is 2.85. The Morgan fingerprint density at radius 2 is 1.60 bits per heavy atom. The van der Waals surface area contributed by atoms with Crippen LogP contribution in [0.3, 0.4) is 0 Å². The van der Waals surface area contributed by atoms with E-state index in [1.54, 1.807) is 6.92 Å². The Morgan fingerprint density at radius 1 is 1.05 bits per heavy atom. The van der Waals surface area contributed by atoms with Gasteiger partial charge in [0.05, 0.1) is 19.8 Å². The van der Waals surface area contributed by atoms with Gasteiger partial charge in [0.25, 0.3) is 0 Å². The van der Waals surface area contributed by atoms with Gasteiger partial charge in [0.1, 0.15) is 6.61 Å². The molecule has 0 atom stereocenters. The molecule has 0 aromatic heterocycles. The lowest BCUT2D eigenvalue weighted by Gasteiger charge is -2.40. The molecule has 20 heavy (non-hydrogen) atoms. The van der Waals surface area contributed by atoms with Crippen LogP contribution in [0.5, 0.6) is 0 Å². The lowest BCUT2D eigenvalue weighted by atomic mass is 9.84. The molecule has 0 spiro atoms. The Hall–Kier alpha value is -0.610. The van der Waals surface area contributed by atoms with Crippen LogP contribution in [0.25, 0.3) is 0 Å². The average Bonchev–Trinajstić information content (AvgIpc) is 2.18. The zero-order valence-corrected chi connectivity index (χ0v) is 10.4. The van der Waals surface area contributed by atoms with Gasteiger partial charge in [-0.25, -0.2) is 4.74 Å². The van der Waals surface area contributed by atoms with Crippen molar-refractivity contribution >= 4 is 0 Å². The lowest BCUT2D eigenvalue weighted by molar-refractivity contribution is -0.461. The normalized spacial score (nSPS) is 19.8. The first kappa shape index (κ1) is 17.4. The van der Waals surface area contributed by atoms with E-state index in [-0.39, 0.29) is 19.8 Å². The SMILES string of the molecule is CCC1(COCC(F)(F)OC(F)(F)C(F)(F)F)COC1. The van der Waals surface area contributed by atoms with Gasteiger partial charge in [-0.1, -0.05) is 6.92 Å². The highest BCUT2D eigenvalue weighted by Crippen LogP contribution is 2.40. The Labute approximate surface area is 110 Å². The van der Waals surface area contributed by atoms with Gasteiger partial charge in [0.2, 0.25) is 0 Å². The summed E-state index contributed by atoms with van der Waals surface area (Å²) in [6.45, 7) is 0.335. The zero-order chi connectivity index (χ0) is 15.7. The van der Waals surface area contributed by atoms with Gasteiger partial charge in [-0.3, -0.25) is 0 Å². The molecule has 0 unspecified atom stereocenters. The summed E-state index contributed by atoms with van der Waals surface area (Å²) in [7, 11) is 0. The van der Waals surface area contributed by atoms with Gasteiger partial charge in [-0.2, -0.15) is 30.7 Å². The quantitative estimate of drug-likeness (QED) is 0.676. The Balaban J connectivity index is 2.45. The molecule has 120 valence electrons. The van der Waals surface area contributed by atoms with Gasteiger partial charge >= 0.3 is 18.4 Å². The number of alkyl halides is 7. The second-order valence-corrected chi connectivity index (χ2v) is 4.59. The van der Waals surface area contributed by atoms with Crippen LogP contribution in [0.1, 0.15) is 13.3 Å². The maximum Gasteiger partial charge on any atom is 0.483 e. The number of hydrogen-bond donors (Lipinski definition) is 0. The molecule has 1 heterocycles. The molecule has 0 amide bonds. The van der Waals surface area contributed by atoms with Gasteiger partial charge in [0.15, 0.2) is 0 Å². The van der Waals surface area contributed by atoms with E-state index >= 15 is 0 Å². The van der Waals surface area contributed by atoms with Crippen LogP contribution in [0.15, 0.2) is 0 Å². The van der Waals surface area contributed by atoms with Crippen LogP contribution in [0, 0.1) is 5.41 Å². The van der Waals surface area contributed by atoms with Crippen molar-refractivity contribution in [3.05, 3.63) is 0 Å². The van der Waals surface area contributed by atoms with Crippen LogP contribution in [-0.4, -0.2) is 44.8 Å². The van der Waals surface area contributed by atoms with E-state index in [0.717, 1.165) is 0 Å². The van der Waals surface area contributed by atoms with Crippen LogP contribution in [0.2, 0.25) is 0 Å². The minimum atomic E-state index is -6.22. The van der Waals surface area contributed by atoms with Crippen molar-refractivity contribution in [3.63, 3.8) is 0 Å². The molecule has 1 aliphatic heterocycles. The summed E-state index contributed by atoms with van der Waals surface area (Å²) in [5.41, 5.74) is -0.497. The van der Waals surface area contributed by atoms with E-state index < -0.39 is 30.4 Å². The summed E-state index contributed by atoms with van der Waals surface area (Å²) in [5.74, 6) is 0. The van der Waals surface area contributed by atoms with E-state index in [4.69, 9.17) is 4.74 Å². The lowest BCUT2D eigenvalue weighted by Crippen LogP contribution is -2.48. The van der Waals surface area contributed by atoms with E-state index in [1.807, 2.05) is 0 Å². The molecule has 1 aliphatic rings. The fourth-order valence-electron chi connectivity index (χ4n) is 1.44. The molecule has 0 aliphatic carbocycles. The largest absolute Gasteiger partial charge is 0.483 e. The van der Waals surface area contributed by atoms with Crippen molar-refractivity contribution in [1.29, 1.82) is 0 Å². The predicted molar refractivity (Wildman–Crippen MR) is 51.4 cm³/mol. The summed E-state index contributed by atoms with van der Waals surface area (Å²) < 4.78 is 97.5. The molecule has 10 heteroatoms. The van der Waals surface area contributed by atoms with Crippen molar-refractivity contribution in [2.24, 2.45) is 5.41 Å². The zero-order valence-electron chi connectivity index (χ0n) is 10.4. The van der Waals surface area contributed by atoms with Crippen LogP contribution < -0.4 is 0 Å². The molecule has 0 aromatic carbocycles. The molecular formula is C10H13F7O3. The number of rotatable bonds is 7. The highest BCUT2D eigenvalue weighted by atomic mass is 19.4. The Kier molecular flexibility index (Phi) is 4.92. The number of hydrogen-bond acceptors (Lipinski definition) is 3. The van der Waals surface area contributed by atoms with Crippen molar-refractivity contribution in [2.45, 2.75) is 31.7 Å². The second kappa shape index (κ2) is 5.64. The van der Waals surface area contributed by atoms with Crippen LogP contribution in [0.4, 0.5) is 30.7 Å². The van der Waals surface area contributed by atoms with Crippen molar-refractivity contribution in [2.75, 3.05) is 26.4 Å². The molecule has 0 radical (unpaired) electrons. The topological polar surface area (TPSA) is 27.7 Å². The summed E-state index contributed by atoms with van der Waals surface area (Å²) in [6, 6.07) is 0. The summed E-state index contributed by atoms with van der Waals surface area (Å²) in [6.07, 6.45) is -16.4. The van der Waals surface area contributed by atoms with Crippen molar-refractivity contribution < 1.29 is 44.9 Å². The van der Waals surface area contributed by atoms with E-state index in [9.17, 15) is 30.7 Å². The van der Waals surface area contributed by atoms with Gasteiger partial charge < -0.3 is 9.47 Å². The van der Waals surface area contributed by atoms with Crippen molar-refractivity contribution in [1.82, 2.24) is 0 Å². The van der Waals surface area contributed by atoms with Crippen molar-refractivity contribution in [3.8, 4) is 0 Å². The minimum absolute atomic E-state index is 0.236. The average molecular weight is 314 g/mol. The molecule has 0 saturated carbocycles. The Bertz CT molecular complexity index is 320. The molecule has 1 saturated heterocycles. The second-order valence-electron chi connectivity index (χ2n) is 4.59. The third kappa shape index (κ3) is 4.19. The van der Waals surface area contributed by atoms with Gasteiger partial charge in [-0.15, -0.1) is 0 Å². The monoisotopic (exact) mass is 314 g/mol. The maximum atomic E-state index is 12.9. The van der Waals surface area contributed by atoms with Gasteiger partial charge in [0, 0.05) is 5.41 Å². The predicted octanol–water partition coefficient (Wildman–Crippen LogP) is 3.19. The number of ether oxygens (including phenoxy) is 3. The summed E-state index contributed by atoms with van der Waals surface area (Å²) in [5, 5.41) is 0. The molecular weight excluding hydrogens is 301 g/mol. The summed E-state index contributed by atoms with van der Waals surface area (Å²) in [4.78, 5) is 0. The Morgan fingerprint density at radius 3 is 1.95 bits per heavy atom. The third-order valence-electron chi connectivity index (χ3n) is 2.85. The van der Waals surface area contributed by atoms with Gasteiger partial charge in [-0.05, 0) is 6.42 Å². The molecule has 0 N–H and O–H groups in total. The first-order valence-electron chi connectivity index (χ1n) is 5.61. The number of halogens is 7. The fraction of sp³-hybridized carbons (Fsp3) is 1.00. The first-order chi connectivity index (χ1) is 8.93. The molecule has 1 fully saturated rings.